The smallest absolute Gasteiger partial charge is 0.0102 e. The predicted molar refractivity (Wildman–Crippen MR) is 101 cm³/mol. The molecule has 22 heavy (non-hydrogen) atoms. The van der Waals surface area contributed by atoms with Gasteiger partial charge in [0.05, 0.1) is 0 Å². The number of nitrogens with zero attached hydrogens (tertiary/aromatic N) is 1. The Bertz CT molecular complexity index is 190. The number of hydrogen-bond acceptors (Lipinski definition) is 2. The predicted octanol–water partition coefficient (Wildman–Crippen LogP) is 6.31. The lowest BCUT2D eigenvalue weighted by Crippen LogP contribution is -2.38. The molecule has 0 bridgehead atoms. The van der Waals surface area contributed by atoms with Gasteiger partial charge in [-0.15, -0.1) is 0 Å². The maximum Gasteiger partial charge on any atom is 0.0102 e. The molecule has 0 saturated heterocycles. The maximum atomic E-state index is 3.50. The summed E-state index contributed by atoms with van der Waals surface area (Å²) in [5.74, 6) is 0. The van der Waals surface area contributed by atoms with E-state index in [9.17, 15) is 0 Å². The molecule has 0 amide bonds. The van der Waals surface area contributed by atoms with E-state index >= 15 is 0 Å². The van der Waals surface area contributed by atoms with E-state index < -0.39 is 0 Å². The third kappa shape index (κ3) is 16.3. The van der Waals surface area contributed by atoms with Crippen LogP contribution in [0.2, 0.25) is 0 Å². The lowest BCUT2D eigenvalue weighted by atomic mass is 10.0. The zero-order chi connectivity index (χ0) is 16.3. The van der Waals surface area contributed by atoms with Crippen LogP contribution in [0.25, 0.3) is 0 Å². The van der Waals surface area contributed by atoms with Gasteiger partial charge in [0, 0.05) is 19.6 Å². The first kappa shape index (κ1) is 21.9. The van der Waals surface area contributed by atoms with E-state index in [4.69, 9.17) is 0 Å². The summed E-state index contributed by atoms with van der Waals surface area (Å²) in [5, 5.41) is 2.29. The van der Waals surface area contributed by atoms with Gasteiger partial charge in [-0.25, -0.2) is 5.01 Å². The molecule has 0 unspecified atom stereocenters. The van der Waals surface area contributed by atoms with Crippen molar-refractivity contribution in [2.24, 2.45) is 0 Å². The Morgan fingerprint density at radius 2 is 0.864 bits per heavy atom. The van der Waals surface area contributed by atoms with Crippen LogP contribution in [-0.2, 0) is 0 Å². The summed E-state index contributed by atoms with van der Waals surface area (Å²) in [7, 11) is 0. The molecule has 2 nitrogen and oxygen atoms in total. The van der Waals surface area contributed by atoms with Gasteiger partial charge in [-0.1, -0.05) is 104 Å². The minimum Gasteiger partial charge on any atom is -0.255 e. The zero-order valence-corrected chi connectivity index (χ0v) is 16.0. The van der Waals surface area contributed by atoms with Crippen LogP contribution in [0.3, 0.4) is 0 Å². The van der Waals surface area contributed by atoms with Crippen molar-refractivity contribution < 1.29 is 0 Å². The molecule has 0 fully saturated rings. The Labute approximate surface area is 141 Å². The Balaban J connectivity index is 3.02. The second-order valence-corrected chi connectivity index (χ2v) is 6.68. The summed E-state index contributed by atoms with van der Waals surface area (Å²) in [4.78, 5) is 0. The van der Waals surface area contributed by atoms with Crippen LogP contribution < -0.4 is 5.43 Å². The van der Waals surface area contributed by atoms with E-state index in [2.05, 4.69) is 31.2 Å². The molecule has 0 heterocycles. The molecular formula is C20H44N2. The molecular weight excluding hydrogens is 268 g/mol. The number of nitrogens with one attached hydrogen (secondary N) is 1. The van der Waals surface area contributed by atoms with Gasteiger partial charge in [-0.05, 0) is 6.42 Å². The lowest BCUT2D eigenvalue weighted by Gasteiger charge is -2.19. The molecule has 0 aromatic rings. The van der Waals surface area contributed by atoms with Crippen LogP contribution in [0.15, 0.2) is 0 Å². The van der Waals surface area contributed by atoms with Gasteiger partial charge in [-0.2, -0.15) is 0 Å². The lowest BCUT2D eigenvalue weighted by molar-refractivity contribution is 0.207. The first-order valence-electron chi connectivity index (χ1n) is 10.3. The van der Waals surface area contributed by atoms with Gasteiger partial charge in [0.1, 0.15) is 0 Å². The van der Waals surface area contributed by atoms with Gasteiger partial charge in [0.2, 0.25) is 0 Å². The molecule has 0 saturated carbocycles. The van der Waals surface area contributed by atoms with E-state index in [1.807, 2.05) is 0 Å². The third-order valence-electron chi connectivity index (χ3n) is 4.63. The van der Waals surface area contributed by atoms with Gasteiger partial charge in [0.25, 0.3) is 0 Å². The largest absolute Gasteiger partial charge is 0.255 e. The van der Waals surface area contributed by atoms with E-state index in [1.54, 1.807) is 0 Å². The van der Waals surface area contributed by atoms with E-state index in [0.29, 0.717) is 0 Å². The highest BCUT2D eigenvalue weighted by Crippen LogP contribution is 2.12. The van der Waals surface area contributed by atoms with E-state index in [-0.39, 0.29) is 0 Å². The Morgan fingerprint density at radius 1 is 0.500 bits per heavy atom. The summed E-state index contributed by atoms with van der Waals surface area (Å²) in [6.45, 7) is 10.1. The quantitative estimate of drug-likeness (QED) is 0.235. The van der Waals surface area contributed by atoms with Gasteiger partial charge in [-0.3, -0.25) is 5.43 Å². The highest BCUT2D eigenvalue weighted by Gasteiger charge is 1.97. The topological polar surface area (TPSA) is 15.3 Å². The first-order valence-corrected chi connectivity index (χ1v) is 10.3. The number of hydrazine groups is 1. The summed E-state index contributed by atoms with van der Waals surface area (Å²) >= 11 is 0. The molecule has 0 aliphatic heterocycles. The molecule has 0 rings (SSSR count). The van der Waals surface area contributed by atoms with Crippen LogP contribution in [-0.4, -0.2) is 24.6 Å². The molecule has 0 aromatic heterocycles. The third-order valence-corrected chi connectivity index (χ3v) is 4.63. The molecule has 0 aromatic carbocycles. The normalized spacial score (nSPS) is 11.5. The van der Waals surface area contributed by atoms with Crippen molar-refractivity contribution in [3.63, 3.8) is 0 Å². The summed E-state index contributed by atoms with van der Waals surface area (Å²) in [6.07, 6.45) is 20.1. The van der Waals surface area contributed by atoms with Crippen LogP contribution >= 0.6 is 0 Å². The molecule has 134 valence electrons. The molecule has 0 radical (unpaired) electrons. The van der Waals surface area contributed by atoms with Gasteiger partial charge >= 0.3 is 0 Å². The fourth-order valence-electron chi connectivity index (χ4n) is 3.00. The molecule has 0 atom stereocenters. The number of rotatable bonds is 18. The molecule has 1 N–H and O–H groups in total. The maximum absolute atomic E-state index is 3.50. The van der Waals surface area contributed by atoms with Crippen LogP contribution in [0.1, 0.15) is 111 Å². The Kier molecular flexibility index (Phi) is 18.9. The van der Waals surface area contributed by atoms with E-state index in [1.165, 1.54) is 89.9 Å². The summed E-state index contributed by atoms with van der Waals surface area (Å²) in [6, 6.07) is 0. The molecule has 0 spiro atoms. The molecule has 0 aliphatic rings. The average molecular weight is 313 g/mol. The second kappa shape index (κ2) is 19.0. The number of hydrogen-bond donors (Lipinski definition) is 1. The van der Waals surface area contributed by atoms with Crippen LogP contribution in [0.5, 0.6) is 0 Å². The summed E-state index contributed by atoms with van der Waals surface area (Å²) < 4.78 is 0. The minimum atomic E-state index is 1.11. The first-order chi connectivity index (χ1) is 10.8. The van der Waals surface area contributed by atoms with Crippen LogP contribution in [0.4, 0.5) is 0 Å². The van der Waals surface area contributed by atoms with Gasteiger partial charge in [0.15, 0.2) is 0 Å². The highest BCUT2D eigenvalue weighted by atomic mass is 15.5. The fourth-order valence-corrected chi connectivity index (χ4v) is 3.00. The average Bonchev–Trinajstić information content (AvgIpc) is 2.55. The Morgan fingerprint density at radius 3 is 1.23 bits per heavy atom. The monoisotopic (exact) mass is 312 g/mol. The van der Waals surface area contributed by atoms with Crippen molar-refractivity contribution in [3.05, 3.63) is 0 Å². The van der Waals surface area contributed by atoms with E-state index in [0.717, 1.165) is 19.6 Å². The van der Waals surface area contributed by atoms with Crippen molar-refractivity contribution in [2.75, 3.05) is 19.6 Å². The molecule has 2 heteroatoms. The summed E-state index contributed by atoms with van der Waals surface area (Å²) in [5.41, 5.74) is 3.50. The number of unbranched alkanes of at least 4 members (excludes halogenated alkanes) is 13. The minimum absolute atomic E-state index is 1.11. The molecule has 0 aliphatic carbocycles. The highest BCUT2D eigenvalue weighted by molar-refractivity contribution is 4.51. The SMILES string of the molecule is CCCCCCCCCCCCCCCCNN(CC)CC. The second-order valence-electron chi connectivity index (χ2n) is 6.68. The van der Waals surface area contributed by atoms with Gasteiger partial charge < -0.3 is 0 Å². The standard InChI is InChI=1S/C20H44N2/c1-4-7-8-9-10-11-12-13-14-15-16-17-18-19-20-21-22(5-2)6-3/h21H,4-20H2,1-3H3. The van der Waals surface area contributed by atoms with Crippen molar-refractivity contribution in [2.45, 2.75) is 111 Å². The Hall–Kier alpha value is -0.0800. The van der Waals surface area contributed by atoms with Crippen molar-refractivity contribution in [1.82, 2.24) is 10.4 Å². The van der Waals surface area contributed by atoms with Crippen molar-refractivity contribution in [1.29, 1.82) is 0 Å². The van der Waals surface area contributed by atoms with Crippen LogP contribution in [0, 0.1) is 0 Å². The zero-order valence-electron chi connectivity index (χ0n) is 16.0. The van der Waals surface area contributed by atoms with Crippen molar-refractivity contribution >= 4 is 0 Å². The fraction of sp³-hybridized carbons (Fsp3) is 1.00. The van der Waals surface area contributed by atoms with Crippen molar-refractivity contribution in [3.8, 4) is 0 Å².